The number of halogens is 3. The second-order valence-corrected chi connectivity index (χ2v) is 5.47. The second-order valence-electron chi connectivity index (χ2n) is 3.78. The third-order valence-corrected chi connectivity index (χ3v) is 3.53. The molecule has 0 spiro atoms. The summed E-state index contributed by atoms with van der Waals surface area (Å²) in [4.78, 5) is 0.221. The zero-order valence-corrected chi connectivity index (χ0v) is 12.7. The minimum absolute atomic E-state index is 0.221. The number of anilines is 2. The molecule has 2 aromatic carbocycles. The van der Waals surface area contributed by atoms with Crippen molar-refractivity contribution in [2.45, 2.75) is 0 Å². The maximum absolute atomic E-state index is 6.11. The van der Waals surface area contributed by atoms with Gasteiger partial charge in [-0.25, -0.2) is 0 Å². The van der Waals surface area contributed by atoms with E-state index in [4.69, 9.17) is 52.8 Å². The van der Waals surface area contributed by atoms with E-state index in [1.54, 1.807) is 30.3 Å². The summed E-state index contributed by atoms with van der Waals surface area (Å²) in [6.45, 7) is 0. The number of hydrogen-bond donors (Lipinski definition) is 2. The van der Waals surface area contributed by atoms with E-state index in [0.717, 1.165) is 0 Å². The van der Waals surface area contributed by atoms with Gasteiger partial charge in [-0.2, -0.15) is 0 Å². The smallest absolute Gasteiger partial charge is 0.107 e. The molecule has 0 bridgehead atoms. The van der Waals surface area contributed by atoms with Gasteiger partial charge in [0.05, 0.1) is 27.0 Å². The van der Waals surface area contributed by atoms with Crippen molar-refractivity contribution in [3.8, 4) is 0 Å². The number of rotatable bonds is 3. The molecule has 0 fully saturated rings. The van der Waals surface area contributed by atoms with Gasteiger partial charge in [0.1, 0.15) is 4.99 Å². The Bertz CT molecular complexity index is 644. The van der Waals surface area contributed by atoms with Gasteiger partial charge >= 0.3 is 0 Å². The molecule has 6 heteroatoms. The minimum Gasteiger partial charge on any atom is -0.389 e. The Balaban J connectivity index is 2.44. The van der Waals surface area contributed by atoms with Crippen LogP contribution in [0.2, 0.25) is 15.1 Å². The lowest BCUT2D eigenvalue weighted by atomic mass is 10.1. The molecule has 19 heavy (non-hydrogen) atoms. The Hall–Kier alpha value is -1.000. The van der Waals surface area contributed by atoms with E-state index < -0.39 is 0 Å². The lowest BCUT2D eigenvalue weighted by Gasteiger charge is -2.13. The summed E-state index contributed by atoms with van der Waals surface area (Å²) in [7, 11) is 0. The van der Waals surface area contributed by atoms with Crippen LogP contribution < -0.4 is 11.1 Å². The van der Waals surface area contributed by atoms with Crippen molar-refractivity contribution in [2.75, 3.05) is 5.32 Å². The van der Waals surface area contributed by atoms with Crippen molar-refractivity contribution in [2.24, 2.45) is 5.73 Å². The molecule has 3 N–H and O–H groups in total. The van der Waals surface area contributed by atoms with Crippen LogP contribution in [0.3, 0.4) is 0 Å². The number of hydrogen-bond acceptors (Lipinski definition) is 2. The van der Waals surface area contributed by atoms with Crippen molar-refractivity contribution in [3.05, 3.63) is 57.0 Å². The van der Waals surface area contributed by atoms with Crippen molar-refractivity contribution < 1.29 is 0 Å². The standard InChI is InChI=1S/C13H9Cl3N2S/c14-7-4-5-10(9(16)6-7)18-11-3-1-2-8(15)12(11)13(17)19/h1-6,18H,(H2,17,19). The van der Waals surface area contributed by atoms with Crippen LogP contribution in [0.1, 0.15) is 5.56 Å². The molecule has 0 unspecified atom stereocenters. The third kappa shape index (κ3) is 3.31. The average molecular weight is 332 g/mol. The number of thiocarbonyl (C=S) groups is 1. The second kappa shape index (κ2) is 5.97. The van der Waals surface area contributed by atoms with Crippen molar-refractivity contribution in [3.63, 3.8) is 0 Å². The van der Waals surface area contributed by atoms with Gasteiger partial charge in [0, 0.05) is 5.02 Å². The van der Waals surface area contributed by atoms with Gasteiger partial charge in [-0.3, -0.25) is 0 Å². The molecule has 0 saturated carbocycles. The first-order valence-electron chi connectivity index (χ1n) is 5.29. The molecule has 2 rings (SSSR count). The molecular formula is C13H9Cl3N2S. The summed E-state index contributed by atoms with van der Waals surface area (Å²) in [6, 6.07) is 10.5. The maximum Gasteiger partial charge on any atom is 0.107 e. The Kier molecular flexibility index (Phi) is 4.53. The van der Waals surface area contributed by atoms with E-state index in [2.05, 4.69) is 5.32 Å². The first-order valence-corrected chi connectivity index (χ1v) is 6.83. The van der Waals surface area contributed by atoms with E-state index in [-0.39, 0.29) is 4.99 Å². The fraction of sp³-hybridized carbons (Fsp3) is 0. The highest BCUT2D eigenvalue weighted by molar-refractivity contribution is 7.80. The van der Waals surface area contributed by atoms with Crippen LogP contribution in [0.25, 0.3) is 0 Å². The summed E-state index contributed by atoms with van der Waals surface area (Å²) in [5.41, 5.74) is 7.67. The quantitative estimate of drug-likeness (QED) is 0.775. The van der Waals surface area contributed by atoms with Crippen LogP contribution in [0, 0.1) is 0 Å². The molecule has 2 aromatic rings. The molecular weight excluding hydrogens is 323 g/mol. The molecule has 0 aliphatic rings. The fourth-order valence-corrected chi connectivity index (χ4v) is 2.62. The van der Waals surface area contributed by atoms with Crippen LogP contribution in [-0.2, 0) is 0 Å². The normalized spacial score (nSPS) is 10.3. The van der Waals surface area contributed by atoms with E-state index >= 15 is 0 Å². The zero-order valence-electron chi connectivity index (χ0n) is 9.58. The van der Waals surface area contributed by atoms with Gasteiger partial charge in [-0.05, 0) is 30.3 Å². The van der Waals surface area contributed by atoms with E-state index in [1.165, 1.54) is 0 Å². The Labute approximate surface area is 131 Å². The monoisotopic (exact) mass is 330 g/mol. The molecule has 0 radical (unpaired) electrons. The van der Waals surface area contributed by atoms with Gasteiger partial charge in [-0.15, -0.1) is 0 Å². The average Bonchev–Trinajstić information content (AvgIpc) is 2.32. The van der Waals surface area contributed by atoms with Crippen molar-refractivity contribution in [1.29, 1.82) is 0 Å². The number of nitrogens with one attached hydrogen (secondary N) is 1. The zero-order chi connectivity index (χ0) is 14.0. The highest BCUT2D eigenvalue weighted by Gasteiger charge is 2.11. The summed E-state index contributed by atoms with van der Waals surface area (Å²) in [5, 5.41) is 4.70. The third-order valence-electron chi connectivity index (χ3n) is 2.46. The van der Waals surface area contributed by atoms with E-state index in [9.17, 15) is 0 Å². The first-order chi connectivity index (χ1) is 8.99. The van der Waals surface area contributed by atoms with Gasteiger partial charge in [0.15, 0.2) is 0 Å². The molecule has 2 nitrogen and oxygen atoms in total. The van der Waals surface area contributed by atoms with Gasteiger partial charge in [0.25, 0.3) is 0 Å². The largest absolute Gasteiger partial charge is 0.389 e. The summed E-state index contributed by atoms with van der Waals surface area (Å²) in [6.07, 6.45) is 0. The fourth-order valence-electron chi connectivity index (χ4n) is 1.61. The predicted octanol–water partition coefficient (Wildman–Crippen LogP) is 5.02. The van der Waals surface area contributed by atoms with Crippen LogP contribution in [0.15, 0.2) is 36.4 Å². The van der Waals surface area contributed by atoms with E-state index in [1.807, 2.05) is 6.07 Å². The molecule has 0 atom stereocenters. The lowest BCUT2D eigenvalue weighted by molar-refractivity contribution is 1.52. The molecule has 0 amide bonds. The van der Waals surface area contributed by atoms with Crippen LogP contribution in [0.4, 0.5) is 11.4 Å². The maximum atomic E-state index is 6.11. The summed E-state index contributed by atoms with van der Waals surface area (Å²) in [5.74, 6) is 0. The van der Waals surface area contributed by atoms with Gasteiger partial charge in [0.2, 0.25) is 0 Å². The number of benzene rings is 2. The van der Waals surface area contributed by atoms with Gasteiger partial charge < -0.3 is 11.1 Å². The Morgan fingerprint density at radius 3 is 2.37 bits per heavy atom. The molecule has 0 aliphatic carbocycles. The van der Waals surface area contributed by atoms with Gasteiger partial charge in [-0.1, -0.05) is 53.1 Å². The first kappa shape index (κ1) is 14.4. The Morgan fingerprint density at radius 1 is 1.00 bits per heavy atom. The topological polar surface area (TPSA) is 38.0 Å². The summed E-state index contributed by atoms with van der Waals surface area (Å²) >= 11 is 23.1. The Morgan fingerprint density at radius 2 is 1.74 bits per heavy atom. The SMILES string of the molecule is NC(=S)c1c(Cl)cccc1Nc1ccc(Cl)cc1Cl. The van der Waals surface area contributed by atoms with Crippen LogP contribution in [0.5, 0.6) is 0 Å². The summed E-state index contributed by atoms with van der Waals surface area (Å²) < 4.78 is 0. The number of nitrogens with two attached hydrogens (primary N) is 1. The highest BCUT2D eigenvalue weighted by Crippen LogP contribution is 2.31. The highest BCUT2D eigenvalue weighted by atomic mass is 35.5. The van der Waals surface area contributed by atoms with Crippen molar-refractivity contribution >= 4 is 63.4 Å². The lowest BCUT2D eigenvalue weighted by Crippen LogP contribution is -2.12. The molecule has 0 heterocycles. The predicted molar refractivity (Wildman–Crippen MR) is 87.1 cm³/mol. The molecule has 0 aromatic heterocycles. The van der Waals surface area contributed by atoms with Crippen LogP contribution in [-0.4, -0.2) is 4.99 Å². The molecule has 98 valence electrons. The minimum atomic E-state index is 0.221. The molecule has 0 saturated heterocycles. The molecule has 0 aliphatic heterocycles. The van der Waals surface area contributed by atoms with E-state index in [0.29, 0.717) is 32.0 Å². The van der Waals surface area contributed by atoms with Crippen LogP contribution >= 0.6 is 47.0 Å². The van der Waals surface area contributed by atoms with Crippen molar-refractivity contribution in [1.82, 2.24) is 0 Å².